The Morgan fingerprint density at radius 1 is 1.22 bits per heavy atom. The van der Waals surface area contributed by atoms with Crippen molar-refractivity contribution in [2.75, 3.05) is 38.3 Å². The Hall–Kier alpha value is -2.74. The first-order valence-electron chi connectivity index (χ1n) is 8.81. The minimum absolute atomic E-state index is 0.319. The highest BCUT2D eigenvalue weighted by Crippen LogP contribution is 2.27. The Morgan fingerprint density at radius 2 is 1.93 bits per heavy atom. The quantitative estimate of drug-likeness (QED) is 0.745. The number of ether oxygens (including phenoxy) is 2. The van der Waals surface area contributed by atoms with Crippen LogP contribution in [0.1, 0.15) is 12.8 Å². The number of carbonyl (C=O) groups is 1. The van der Waals surface area contributed by atoms with Crippen LogP contribution in [0.25, 0.3) is 11.3 Å². The van der Waals surface area contributed by atoms with Crippen molar-refractivity contribution >= 4 is 11.9 Å². The first-order chi connectivity index (χ1) is 13.1. The number of rotatable bonds is 7. The smallest absolute Gasteiger partial charge is 0.306 e. The van der Waals surface area contributed by atoms with E-state index in [2.05, 4.69) is 9.97 Å². The zero-order chi connectivity index (χ0) is 19.2. The largest absolute Gasteiger partial charge is 0.481 e. The lowest BCUT2D eigenvalue weighted by molar-refractivity contribution is -0.142. The third-order valence-corrected chi connectivity index (χ3v) is 4.50. The molecule has 0 unspecified atom stereocenters. The second-order valence-corrected chi connectivity index (χ2v) is 6.34. The summed E-state index contributed by atoms with van der Waals surface area (Å²) < 4.78 is 23.9. The van der Waals surface area contributed by atoms with Gasteiger partial charge in [0.25, 0.3) is 0 Å². The Morgan fingerprint density at radius 3 is 2.56 bits per heavy atom. The minimum atomic E-state index is -0.765. The number of benzene rings is 1. The van der Waals surface area contributed by atoms with Gasteiger partial charge < -0.3 is 19.5 Å². The number of piperidine rings is 1. The summed E-state index contributed by atoms with van der Waals surface area (Å²) in [6.45, 7) is 1.88. The molecule has 144 valence electrons. The Balaban J connectivity index is 1.85. The van der Waals surface area contributed by atoms with Crippen LogP contribution in [-0.2, 0) is 9.53 Å². The van der Waals surface area contributed by atoms with Crippen molar-refractivity contribution in [2.24, 2.45) is 5.92 Å². The zero-order valence-electron chi connectivity index (χ0n) is 15.1. The maximum atomic E-state index is 13.2. The second-order valence-electron chi connectivity index (χ2n) is 6.34. The van der Waals surface area contributed by atoms with E-state index in [-0.39, 0.29) is 11.7 Å². The molecule has 8 heteroatoms. The molecule has 1 saturated heterocycles. The molecule has 1 aliphatic heterocycles. The topological polar surface area (TPSA) is 84.8 Å². The van der Waals surface area contributed by atoms with E-state index < -0.39 is 5.97 Å². The highest BCUT2D eigenvalue weighted by molar-refractivity contribution is 5.70. The van der Waals surface area contributed by atoms with Crippen molar-refractivity contribution in [1.82, 2.24) is 9.97 Å². The van der Waals surface area contributed by atoms with E-state index in [0.29, 0.717) is 56.7 Å². The average molecular weight is 375 g/mol. The highest BCUT2D eigenvalue weighted by atomic mass is 19.1. The van der Waals surface area contributed by atoms with Crippen LogP contribution < -0.4 is 9.64 Å². The van der Waals surface area contributed by atoms with Gasteiger partial charge in [-0.05, 0) is 37.1 Å². The molecule has 1 aromatic heterocycles. The van der Waals surface area contributed by atoms with E-state index in [1.54, 1.807) is 25.3 Å². The third-order valence-electron chi connectivity index (χ3n) is 4.50. The Bertz CT molecular complexity index is 777. The number of hydrogen-bond donors (Lipinski definition) is 1. The zero-order valence-corrected chi connectivity index (χ0v) is 15.1. The predicted molar refractivity (Wildman–Crippen MR) is 97.4 cm³/mol. The number of methoxy groups -OCH3 is 1. The summed E-state index contributed by atoms with van der Waals surface area (Å²) in [4.78, 5) is 22.2. The third kappa shape index (κ3) is 4.91. The first-order valence-corrected chi connectivity index (χ1v) is 8.81. The summed E-state index contributed by atoms with van der Waals surface area (Å²) in [5.74, 6) is -0.539. The molecular formula is C19H22FN3O4. The molecule has 1 aromatic carbocycles. The summed E-state index contributed by atoms with van der Waals surface area (Å²) in [5, 5.41) is 9.16. The van der Waals surface area contributed by atoms with Crippen molar-refractivity contribution in [2.45, 2.75) is 12.8 Å². The molecule has 27 heavy (non-hydrogen) atoms. The SMILES string of the molecule is COCCOc1cc(-c2ccc(F)cc2)nc(N2CCC(C(=O)O)CC2)n1. The number of carboxylic acid groups (broad SMARTS) is 1. The molecule has 1 N–H and O–H groups in total. The van der Waals surface area contributed by atoms with Gasteiger partial charge in [-0.25, -0.2) is 9.37 Å². The normalized spacial score (nSPS) is 15.0. The van der Waals surface area contributed by atoms with Gasteiger partial charge in [0.1, 0.15) is 12.4 Å². The number of nitrogens with zero attached hydrogens (tertiary/aromatic N) is 3. The van der Waals surface area contributed by atoms with Crippen LogP contribution in [0, 0.1) is 11.7 Å². The highest BCUT2D eigenvalue weighted by Gasteiger charge is 2.26. The number of hydrogen-bond acceptors (Lipinski definition) is 6. The number of aromatic nitrogens is 2. The minimum Gasteiger partial charge on any atom is -0.481 e. The van der Waals surface area contributed by atoms with Crippen molar-refractivity contribution in [1.29, 1.82) is 0 Å². The molecule has 0 saturated carbocycles. The molecule has 2 aromatic rings. The van der Waals surface area contributed by atoms with Crippen LogP contribution >= 0.6 is 0 Å². The fourth-order valence-corrected chi connectivity index (χ4v) is 2.95. The summed E-state index contributed by atoms with van der Waals surface area (Å²) in [6.07, 6.45) is 1.08. The number of carboxylic acids is 1. The number of aliphatic carboxylic acids is 1. The Labute approximate surface area is 156 Å². The summed E-state index contributed by atoms with van der Waals surface area (Å²) in [5.41, 5.74) is 1.37. The standard InChI is InChI=1S/C19H22FN3O4/c1-26-10-11-27-17-12-16(13-2-4-15(20)5-3-13)21-19(22-17)23-8-6-14(7-9-23)18(24)25/h2-5,12,14H,6-11H2,1H3,(H,24,25). The molecule has 0 radical (unpaired) electrons. The lowest BCUT2D eigenvalue weighted by Gasteiger charge is -2.30. The van der Waals surface area contributed by atoms with E-state index in [0.717, 1.165) is 5.56 Å². The number of anilines is 1. The van der Waals surface area contributed by atoms with Gasteiger partial charge in [0.15, 0.2) is 0 Å². The molecule has 1 fully saturated rings. The van der Waals surface area contributed by atoms with Crippen LogP contribution in [0.4, 0.5) is 10.3 Å². The lowest BCUT2D eigenvalue weighted by atomic mass is 9.97. The van der Waals surface area contributed by atoms with E-state index >= 15 is 0 Å². The van der Waals surface area contributed by atoms with Crippen LogP contribution in [0.5, 0.6) is 5.88 Å². The summed E-state index contributed by atoms with van der Waals surface area (Å²) >= 11 is 0. The van der Waals surface area contributed by atoms with Crippen LogP contribution in [0.3, 0.4) is 0 Å². The lowest BCUT2D eigenvalue weighted by Crippen LogP contribution is -2.37. The van der Waals surface area contributed by atoms with Gasteiger partial charge in [0.2, 0.25) is 11.8 Å². The van der Waals surface area contributed by atoms with Crippen LogP contribution in [0.2, 0.25) is 0 Å². The van der Waals surface area contributed by atoms with Crippen molar-refractivity contribution in [3.8, 4) is 17.1 Å². The van der Waals surface area contributed by atoms with Gasteiger partial charge in [-0.1, -0.05) is 0 Å². The second kappa shape index (κ2) is 8.77. The molecule has 0 atom stereocenters. The summed E-state index contributed by atoms with van der Waals surface area (Å²) in [6, 6.07) is 7.76. The molecule has 1 aliphatic rings. The molecule has 0 aliphatic carbocycles. The molecule has 7 nitrogen and oxygen atoms in total. The van der Waals surface area contributed by atoms with Crippen molar-refractivity contribution in [3.05, 3.63) is 36.1 Å². The monoisotopic (exact) mass is 375 g/mol. The van der Waals surface area contributed by atoms with E-state index in [1.165, 1.54) is 12.1 Å². The van der Waals surface area contributed by atoms with Crippen LogP contribution in [0.15, 0.2) is 30.3 Å². The van der Waals surface area contributed by atoms with Crippen LogP contribution in [-0.4, -0.2) is 54.5 Å². The summed E-state index contributed by atoms with van der Waals surface area (Å²) in [7, 11) is 1.59. The molecule has 0 amide bonds. The molecule has 0 bridgehead atoms. The van der Waals surface area contributed by atoms with E-state index in [9.17, 15) is 9.18 Å². The van der Waals surface area contributed by atoms with Gasteiger partial charge >= 0.3 is 5.97 Å². The average Bonchev–Trinajstić information content (AvgIpc) is 2.68. The molecular weight excluding hydrogens is 353 g/mol. The van der Waals surface area contributed by atoms with Crippen molar-refractivity contribution < 1.29 is 23.8 Å². The predicted octanol–water partition coefficient (Wildman–Crippen LogP) is 2.61. The molecule has 3 rings (SSSR count). The number of halogens is 1. The maximum absolute atomic E-state index is 13.2. The molecule has 0 spiro atoms. The fraction of sp³-hybridized carbons (Fsp3) is 0.421. The first kappa shape index (κ1) is 19.0. The molecule has 2 heterocycles. The van der Waals surface area contributed by atoms with Gasteiger partial charge in [-0.3, -0.25) is 4.79 Å². The van der Waals surface area contributed by atoms with E-state index in [1.807, 2.05) is 4.90 Å². The van der Waals surface area contributed by atoms with Crippen molar-refractivity contribution in [3.63, 3.8) is 0 Å². The fourth-order valence-electron chi connectivity index (χ4n) is 2.95. The Kier molecular flexibility index (Phi) is 6.18. The van der Waals surface area contributed by atoms with Gasteiger partial charge in [-0.2, -0.15) is 4.98 Å². The van der Waals surface area contributed by atoms with Gasteiger partial charge in [-0.15, -0.1) is 0 Å². The maximum Gasteiger partial charge on any atom is 0.306 e. The van der Waals surface area contributed by atoms with E-state index in [4.69, 9.17) is 14.6 Å². The van der Waals surface area contributed by atoms with Gasteiger partial charge in [0.05, 0.1) is 18.2 Å². The van der Waals surface area contributed by atoms with Gasteiger partial charge in [0, 0.05) is 31.8 Å².